The molecule has 8 nitrogen and oxygen atoms in total. The van der Waals surface area contributed by atoms with Gasteiger partial charge in [0.25, 0.3) is 5.69 Å². The summed E-state index contributed by atoms with van der Waals surface area (Å²) < 4.78 is 23.1. The summed E-state index contributed by atoms with van der Waals surface area (Å²) in [5.74, 6) is -0.288. The molecule has 0 bridgehead atoms. The second kappa shape index (κ2) is 9.14. The van der Waals surface area contributed by atoms with Gasteiger partial charge in [-0.15, -0.1) is 0 Å². The van der Waals surface area contributed by atoms with Crippen LogP contribution in [-0.2, 0) is 14.6 Å². The van der Waals surface area contributed by atoms with Gasteiger partial charge >= 0.3 is 0 Å². The zero-order valence-electron chi connectivity index (χ0n) is 15.5. The van der Waals surface area contributed by atoms with Crippen molar-refractivity contribution in [2.75, 3.05) is 24.7 Å². The number of amides is 1. The molecule has 0 unspecified atom stereocenters. The van der Waals surface area contributed by atoms with Crippen molar-refractivity contribution >= 4 is 33.2 Å². The number of carbonyl (C=O) groups is 1. The highest BCUT2D eigenvalue weighted by Gasteiger charge is 2.18. The molecule has 0 spiro atoms. The van der Waals surface area contributed by atoms with Crippen molar-refractivity contribution in [2.24, 2.45) is 0 Å². The van der Waals surface area contributed by atoms with E-state index in [2.05, 4.69) is 10.6 Å². The summed E-state index contributed by atoms with van der Waals surface area (Å²) in [6.07, 6.45) is 4.09. The van der Waals surface area contributed by atoms with E-state index in [4.69, 9.17) is 0 Å². The molecule has 28 heavy (non-hydrogen) atoms. The third kappa shape index (κ3) is 6.20. The molecule has 148 valence electrons. The molecule has 0 heterocycles. The molecule has 0 aliphatic carbocycles. The molecule has 0 saturated carbocycles. The summed E-state index contributed by atoms with van der Waals surface area (Å²) in [6, 6.07) is 11.4. The number of sulfone groups is 1. The topological polar surface area (TPSA) is 118 Å². The second-order valence-electron chi connectivity index (χ2n) is 6.17. The molecule has 0 radical (unpaired) electrons. The van der Waals surface area contributed by atoms with Crippen LogP contribution in [0.15, 0.2) is 53.4 Å². The van der Waals surface area contributed by atoms with Crippen LogP contribution < -0.4 is 10.6 Å². The zero-order chi connectivity index (χ0) is 20.7. The molecule has 0 saturated heterocycles. The Bertz CT molecular complexity index is 999. The van der Waals surface area contributed by atoms with Crippen LogP contribution >= 0.6 is 0 Å². The fraction of sp³-hybridized carbons (Fsp3) is 0.211. The lowest BCUT2D eigenvalue weighted by molar-refractivity contribution is -0.384. The summed E-state index contributed by atoms with van der Waals surface area (Å²) >= 11 is 0. The maximum atomic E-state index is 11.8. The number of nitro benzene ring substituents is 1. The summed E-state index contributed by atoms with van der Waals surface area (Å²) in [5, 5.41) is 16.7. The number of nitro groups is 1. The Morgan fingerprint density at radius 1 is 1.14 bits per heavy atom. The lowest BCUT2D eigenvalue weighted by Gasteiger charge is -2.08. The lowest BCUT2D eigenvalue weighted by Crippen LogP contribution is -2.27. The summed E-state index contributed by atoms with van der Waals surface area (Å²) in [6.45, 7) is 2.46. The van der Waals surface area contributed by atoms with E-state index in [1.165, 1.54) is 18.2 Å². The molecular weight excluding hydrogens is 382 g/mol. The Morgan fingerprint density at radius 2 is 1.82 bits per heavy atom. The Kier molecular flexibility index (Phi) is 6.89. The molecule has 0 fully saturated rings. The molecule has 0 aromatic heterocycles. The van der Waals surface area contributed by atoms with Crippen LogP contribution in [-0.4, -0.2) is 38.6 Å². The number of hydrogen-bond acceptors (Lipinski definition) is 6. The van der Waals surface area contributed by atoms with E-state index in [0.717, 1.165) is 23.4 Å². The fourth-order valence-electron chi connectivity index (χ4n) is 2.33. The van der Waals surface area contributed by atoms with Crippen molar-refractivity contribution in [2.45, 2.75) is 11.8 Å². The van der Waals surface area contributed by atoms with Gasteiger partial charge in [-0.3, -0.25) is 14.9 Å². The SMILES string of the molecule is Cc1ccc(/C=C/C(=O)NCCNc2ccc(S(C)(=O)=O)cc2[N+](=O)[O-])cc1. The summed E-state index contributed by atoms with van der Waals surface area (Å²) in [4.78, 5) is 22.2. The maximum Gasteiger partial charge on any atom is 0.293 e. The van der Waals surface area contributed by atoms with E-state index < -0.39 is 14.8 Å². The number of rotatable bonds is 8. The van der Waals surface area contributed by atoms with E-state index in [0.29, 0.717) is 0 Å². The van der Waals surface area contributed by atoms with Crippen molar-refractivity contribution in [3.63, 3.8) is 0 Å². The smallest absolute Gasteiger partial charge is 0.293 e. The molecule has 1 amide bonds. The molecule has 0 aliphatic rings. The molecule has 0 aliphatic heterocycles. The van der Waals surface area contributed by atoms with E-state index in [-0.39, 0.29) is 35.3 Å². The number of nitrogens with zero attached hydrogens (tertiary/aromatic N) is 1. The van der Waals surface area contributed by atoms with Crippen LogP contribution in [0.4, 0.5) is 11.4 Å². The van der Waals surface area contributed by atoms with Gasteiger partial charge in [-0.1, -0.05) is 29.8 Å². The van der Waals surface area contributed by atoms with Crippen molar-refractivity contribution in [1.82, 2.24) is 5.32 Å². The van der Waals surface area contributed by atoms with Crippen molar-refractivity contribution in [3.8, 4) is 0 Å². The van der Waals surface area contributed by atoms with E-state index >= 15 is 0 Å². The van der Waals surface area contributed by atoms with Gasteiger partial charge in [-0.2, -0.15) is 0 Å². The number of hydrogen-bond donors (Lipinski definition) is 2. The third-order valence-electron chi connectivity index (χ3n) is 3.84. The molecule has 2 rings (SSSR count). The van der Waals surface area contributed by atoms with Gasteiger partial charge in [0, 0.05) is 31.5 Å². The first-order valence-corrected chi connectivity index (χ1v) is 10.3. The molecule has 2 N–H and O–H groups in total. The highest BCUT2D eigenvalue weighted by molar-refractivity contribution is 7.90. The molecule has 9 heteroatoms. The fourth-order valence-corrected chi connectivity index (χ4v) is 2.97. The van der Waals surface area contributed by atoms with E-state index in [1.54, 1.807) is 6.08 Å². The van der Waals surface area contributed by atoms with Crippen LogP contribution in [0.1, 0.15) is 11.1 Å². The summed E-state index contributed by atoms with van der Waals surface area (Å²) in [7, 11) is -3.54. The Hall–Kier alpha value is -3.20. The molecule has 2 aromatic carbocycles. The van der Waals surface area contributed by atoms with Crippen molar-refractivity contribution in [1.29, 1.82) is 0 Å². The first kappa shape index (κ1) is 21.1. The Morgan fingerprint density at radius 3 is 2.43 bits per heavy atom. The maximum absolute atomic E-state index is 11.8. The molecular formula is C19H21N3O5S. The number of carbonyl (C=O) groups excluding carboxylic acids is 1. The van der Waals surface area contributed by atoms with Crippen LogP contribution in [0.25, 0.3) is 6.08 Å². The van der Waals surface area contributed by atoms with Gasteiger partial charge < -0.3 is 10.6 Å². The Balaban J connectivity index is 1.90. The minimum absolute atomic E-state index is 0.126. The average molecular weight is 403 g/mol. The largest absolute Gasteiger partial charge is 0.378 e. The Labute approximate surface area is 163 Å². The standard InChI is InChI=1S/C19H21N3O5S/c1-14-3-5-15(6-4-14)7-10-19(23)21-12-11-20-17-9-8-16(28(2,26)27)13-18(17)22(24)25/h3-10,13,20H,11-12H2,1-2H3,(H,21,23)/b10-7+. The van der Waals surface area contributed by atoms with E-state index in [1.807, 2.05) is 31.2 Å². The first-order valence-electron chi connectivity index (χ1n) is 8.42. The predicted octanol–water partition coefficient (Wildman–Crippen LogP) is 2.55. The van der Waals surface area contributed by atoms with Crippen LogP contribution in [0, 0.1) is 17.0 Å². The highest BCUT2D eigenvalue weighted by Crippen LogP contribution is 2.27. The predicted molar refractivity (Wildman–Crippen MR) is 108 cm³/mol. The normalized spacial score (nSPS) is 11.4. The van der Waals surface area contributed by atoms with Gasteiger partial charge in [0.1, 0.15) is 5.69 Å². The lowest BCUT2D eigenvalue weighted by atomic mass is 10.1. The van der Waals surface area contributed by atoms with Gasteiger partial charge in [0.15, 0.2) is 9.84 Å². The van der Waals surface area contributed by atoms with Crippen molar-refractivity contribution in [3.05, 3.63) is 69.8 Å². The van der Waals surface area contributed by atoms with Crippen LogP contribution in [0.5, 0.6) is 0 Å². The number of anilines is 1. The highest BCUT2D eigenvalue weighted by atomic mass is 32.2. The van der Waals surface area contributed by atoms with Crippen LogP contribution in [0.2, 0.25) is 0 Å². The molecule has 0 atom stereocenters. The minimum Gasteiger partial charge on any atom is -0.378 e. The monoisotopic (exact) mass is 403 g/mol. The van der Waals surface area contributed by atoms with Crippen LogP contribution in [0.3, 0.4) is 0 Å². The quantitative estimate of drug-likeness (QED) is 0.303. The first-order chi connectivity index (χ1) is 13.2. The van der Waals surface area contributed by atoms with Gasteiger partial charge in [-0.05, 0) is 30.7 Å². The van der Waals surface area contributed by atoms with Gasteiger partial charge in [-0.25, -0.2) is 8.42 Å². The number of nitrogens with one attached hydrogen (secondary N) is 2. The van der Waals surface area contributed by atoms with Gasteiger partial charge in [0.2, 0.25) is 5.91 Å². The summed E-state index contributed by atoms with van der Waals surface area (Å²) in [5.41, 5.74) is 1.88. The van der Waals surface area contributed by atoms with E-state index in [9.17, 15) is 23.3 Å². The third-order valence-corrected chi connectivity index (χ3v) is 4.95. The zero-order valence-corrected chi connectivity index (χ0v) is 16.3. The second-order valence-corrected chi connectivity index (χ2v) is 8.19. The average Bonchev–Trinajstić information content (AvgIpc) is 2.64. The minimum atomic E-state index is -3.54. The molecule has 2 aromatic rings. The number of benzene rings is 2. The van der Waals surface area contributed by atoms with Gasteiger partial charge in [0.05, 0.1) is 9.82 Å². The number of aryl methyl sites for hydroxylation is 1. The van der Waals surface area contributed by atoms with Crippen molar-refractivity contribution < 1.29 is 18.1 Å².